The van der Waals surface area contributed by atoms with E-state index in [0.29, 0.717) is 12.1 Å². The number of nitrogens with one attached hydrogen (secondary N) is 1. The van der Waals surface area contributed by atoms with Crippen molar-refractivity contribution < 1.29 is 4.39 Å². The van der Waals surface area contributed by atoms with Gasteiger partial charge in [-0.1, -0.05) is 36.6 Å². The fourth-order valence-electron chi connectivity index (χ4n) is 1.83. The van der Waals surface area contributed by atoms with Gasteiger partial charge in [-0.3, -0.25) is 0 Å². The van der Waals surface area contributed by atoms with Gasteiger partial charge in [0.1, 0.15) is 5.82 Å². The minimum Gasteiger partial charge on any atom is -0.313 e. The Morgan fingerprint density at radius 1 is 1.38 bits per heavy atom. The minimum atomic E-state index is -0.293. The van der Waals surface area contributed by atoms with E-state index < -0.39 is 0 Å². The lowest BCUT2D eigenvalue weighted by molar-refractivity contribution is 0.565. The van der Waals surface area contributed by atoms with Crippen molar-refractivity contribution in [3.8, 4) is 0 Å². The zero-order chi connectivity index (χ0) is 11.4. The van der Waals surface area contributed by atoms with Crippen LogP contribution >= 0.6 is 11.6 Å². The molecule has 0 aromatic heterocycles. The Balaban J connectivity index is 1.69. The standard InChI is InChI=1S/C13H17ClFN/c14-12-5-1-4-11(13(12)15)9-16-8-2-3-10-6-7-10/h1,4-5,10,16H,2-3,6-9H2. The van der Waals surface area contributed by atoms with Crippen molar-refractivity contribution in [2.24, 2.45) is 5.92 Å². The highest BCUT2D eigenvalue weighted by Gasteiger charge is 2.19. The molecule has 2 rings (SSSR count). The molecule has 0 bridgehead atoms. The van der Waals surface area contributed by atoms with Crippen molar-refractivity contribution >= 4 is 11.6 Å². The second kappa shape index (κ2) is 5.65. The van der Waals surface area contributed by atoms with Crippen molar-refractivity contribution in [2.75, 3.05) is 6.54 Å². The molecule has 0 saturated heterocycles. The van der Waals surface area contributed by atoms with E-state index in [1.807, 2.05) is 0 Å². The minimum absolute atomic E-state index is 0.206. The van der Waals surface area contributed by atoms with Crippen LogP contribution in [0.5, 0.6) is 0 Å². The van der Waals surface area contributed by atoms with E-state index in [0.717, 1.165) is 12.5 Å². The van der Waals surface area contributed by atoms with Crippen LogP contribution in [0, 0.1) is 11.7 Å². The molecular weight excluding hydrogens is 225 g/mol. The van der Waals surface area contributed by atoms with Crippen LogP contribution in [-0.2, 0) is 6.54 Å². The van der Waals surface area contributed by atoms with Crippen molar-refractivity contribution in [3.63, 3.8) is 0 Å². The first-order valence-corrected chi connectivity index (χ1v) is 6.29. The van der Waals surface area contributed by atoms with Crippen LogP contribution in [-0.4, -0.2) is 6.54 Å². The van der Waals surface area contributed by atoms with Gasteiger partial charge in [0.25, 0.3) is 0 Å². The monoisotopic (exact) mass is 241 g/mol. The molecule has 0 atom stereocenters. The van der Waals surface area contributed by atoms with Gasteiger partial charge in [0, 0.05) is 12.1 Å². The highest BCUT2D eigenvalue weighted by molar-refractivity contribution is 6.30. The third-order valence-corrected chi connectivity index (χ3v) is 3.30. The summed E-state index contributed by atoms with van der Waals surface area (Å²) in [5.74, 6) is 0.684. The fraction of sp³-hybridized carbons (Fsp3) is 0.538. The van der Waals surface area contributed by atoms with E-state index in [9.17, 15) is 4.39 Å². The highest BCUT2D eigenvalue weighted by atomic mass is 35.5. The quantitative estimate of drug-likeness (QED) is 0.748. The van der Waals surface area contributed by atoms with Gasteiger partial charge >= 0.3 is 0 Å². The lowest BCUT2D eigenvalue weighted by atomic mass is 10.2. The molecule has 1 aliphatic carbocycles. The predicted molar refractivity (Wildman–Crippen MR) is 65.1 cm³/mol. The maximum atomic E-state index is 13.5. The molecule has 0 spiro atoms. The summed E-state index contributed by atoms with van der Waals surface area (Å²) >= 11 is 5.70. The predicted octanol–water partition coefficient (Wildman–Crippen LogP) is 3.76. The van der Waals surface area contributed by atoms with Gasteiger partial charge in [-0.05, 0) is 31.4 Å². The molecule has 0 aliphatic heterocycles. The maximum Gasteiger partial charge on any atom is 0.146 e. The van der Waals surface area contributed by atoms with Crippen LogP contribution in [0.25, 0.3) is 0 Å². The summed E-state index contributed by atoms with van der Waals surface area (Å²) in [6, 6.07) is 5.13. The summed E-state index contributed by atoms with van der Waals surface area (Å²) < 4.78 is 13.5. The molecular formula is C13H17ClFN. The summed E-state index contributed by atoms with van der Waals surface area (Å²) in [4.78, 5) is 0. The lowest BCUT2D eigenvalue weighted by Crippen LogP contribution is -2.15. The Labute approximate surface area is 101 Å². The Bertz CT molecular complexity index is 350. The van der Waals surface area contributed by atoms with Gasteiger partial charge < -0.3 is 5.32 Å². The first-order chi connectivity index (χ1) is 7.77. The van der Waals surface area contributed by atoms with E-state index in [-0.39, 0.29) is 10.8 Å². The summed E-state index contributed by atoms with van der Waals surface area (Å²) in [7, 11) is 0. The van der Waals surface area contributed by atoms with Crippen molar-refractivity contribution in [1.82, 2.24) is 5.32 Å². The number of halogens is 2. The molecule has 1 aliphatic rings. The second-order valence-electron chi connectivity index (χ2n) is 4.48. The van der Waals surface area contributed by atoms with E-state index in [1.54, 1.807) is 18.2 Å². The van der Waals surface area contributed by atoms with Crippen LogP contribution in [0.4, 0.5) is 4.39 Å². The summed E-state index contributed by atoms with van der Waals surface area (Å²) in [6.45, 7) is 1.53. The smallest absolute Gasteiger partial charge is 0.146 e. The van der Waals surface area contributed by atoms with E-state index in [4.69, 9.17) is 11.6 Å². The maximum absolute atomic E-state index is 13.5. The van der Waals surface area contributed by atoms with Crippen LogP contribution in [0.3, 0.4) is 0 Å². The molecule has 88 valence electrons. The van der Waals surface area contributed by atoms with Crippen molar-refractivity contribution in [3.05, 3.63) is 34.6 Å². The van der Waals surface area contributed by atoms with Gasteiger partial charge in [0.2, 0.25) is 0 Å². The summed E-state index contributed by atoms with van der Waals surface area (Å²) in [5.41, 5.74) is 0.652. The topological polar surface area (TPSA) is 12.0 Å². The second-order valence-corrected chi connectivity index (χ2v) is 4.88. The number of rotatable bonds is 6. The summed E-state index contributed by atoms with van der Waals surface area (Å²) in [6.07, 6.45) is 5.31. The molecule has 1 aromatic rings. The van der Waals surface area contributed by atoms with E-state index >= 15 is 0 Å². The zero-order valence-electron chi connectivity index (χ0n) is 9.31. The molecule has 1 aromatic carbocycles. The molecule has 1 fully saturated rings. The average molecular weight is 242 g/mol. The van der Waals surface area contributed by atoms with Gasteiger partial charge in [0.15, 0.2) is 0 Å². The van der Waals surface area contributed by atoms with Crippen molar-refractivity contribution in [2.45, 2.75) is 32.2 Å². The van der Waals surface area contributed by atoms with Gasteiger partial charge in [0.05, 0.1) is 5.02 Å². The molecule has 3 heteroatoms. The third kappa shape index (κ3) is 3.46. The van der Waals surface area contributed by atoms with E-state index in [2.05, 4.69) is 5.32 Å². The molecule has 0 heterocycles. The largest absolute Gasteiger partial charge is 0.313 e. The zero-order valence-corrected chi connectivity index (χ0v) is 10.1. The first kappa shape index (κ1) is 11.9. The van der Waals surface area contributed by atoms with Gasteiger partial charge in [-0.15, -0.1) is 0 Å². The average Bonchev–Trinajstić information content (AvgIpc) is 3.07. The molecule has 0 unspecified atom stereocenters. The van der Waals surface area contributed by atoms with Crippen LogP contribution in [0.1, 0.15) is 31.2 Å². The highest BCUT2D eigenvalue weighted by Crippen LogP contribution is 2.33. The number of benzene rings is 1. The van der Waals surface area contributed by atoms with E-state index in [1.165, 1.54) is 25.7 Å². The lowest BCUT2D eigenvalue weighted by Gasteiger charge is -2.06. The molecule has 1 N–H and O–H groups in total. The Kier molecular flexibility index (Phi) is 4.19. The number of hydrogen-bond acceptors (Lipinski definition) is 1. The molecule has 1 nitrogen and oxygen atoms in total. The molecule has 16 heavy (non-hydrogen) atoms. The SMILES string of the molecule is Fc1c(Cl)cccc1CNCCCC1CC1. The molecule has 0 amide bonds. The third-order valence-electron chi connectivity index (χ3n) is 3.01. The Morgan fingerprint density at radius 3 is 2.94 bits per heavy atom. The van der Waals surface area contributed by atoms with Crippen molar-refractivity contribution in [1.29, 1.82) is 0 Å². The van der Waals surface area contributed by atoms with Gasteiger partial charge in [-0.2, -0.15) is 0 Å². The summed E-state index contributed by atoms with van der Waals surface area (Å²) in [5, 5.41) is 3.46. The van der Waals surface area contributed by atoms with Crippen LogP contribution in [0.2, 0.25) is 5.02 Å². The number of hydrogen-bond donors (Lipinski definition) is 1. The van der Waals surface area contributed by atoms with Crippen LogP contribution in [0.15, 0.2) is 18.2 Å². The van der Waals surface area contributed by atoms with Gasteiger partial charge in [-0.25, -0.2) is 4.39 Å². The fourth-order valence-corrected chi connectivity index (χ4v) is 2.02. The molecule has 0 radical (unpaired) electrons. The first-order valence-electron chi connectivity index (χ1n) is 5.91. The Morgan fingerprint density at radius 2 is 2.19 bits per heavy atom. The normalized spacial score (nSPS) is 15.4. The molecule has 1 saturated carbocycles. The Hall–Kier alpha value is -0.600. The van der Waals surface area contributed by atoms with Crippen LogP contribution < -0.4 is 5.32 Å².